The van der Waals surface area contributed by atoms with Gasteiger partial charge in [-0.3, -0.25) is 24.0 Å². The van der Waals surface area contributed by atoms with E-state index >= 15 is 0 Å². The molecule has 272 valence electrons. The third-order valence-corrected chi connectivity index (χ3v) is 9.93. The molecule has 2 fully saturated rings. The number of amides is 5. The Morgan fingerprint density at radius 3 is 1.92 bits per heavy atom. The normalized spacial score (nSPS) is 21.2. The minimum Gasteiger partial charge on any atom is -0.480 e. The van der Waals surface area contributed by atoms with Crippen LogP contribution in [0, 0.1) is 17.8 Å². The Balaban J connectivity index is 1.79. The lowest BCUT2D eigenvalue weighted by atomic mass is 9.94. The number of carbonyl (C=O) groups is 6. The third kappa shape index (κ3) is 10.7. The second-order valence-electron chi connectivity index (χ2n) is 13.9. The van der Waals surface area contributed by atoms with Crippen molar-refractivity contribution in [2.24, 2.45) is 17.8 Å². The van der Waals surface area contributed by atoms with Crippen LogP contribution < -0.4 is 26.6 Å². The molecule has 13 nitrogen and oxygen atoms in total. The maximum Gasteiger partial charge on any atom is 0.326 e. The largest absolute Gasteiger partial charge is 0.480 e. The number of carboxylic acids is 1. The molecule has 1 aromatic rings. The van der Waals surface area contributed by atoms with Gasteiger partial charge in [0.15, 0.2) is 0 Å². The average Bonchev–Trinajstić information content (AvgIpc) is 3.80. The molecule has 0 bridgehead atoms. The molecule has 0 saturated carbocycles. The van der Waals surface area contributed by atoms with Gasteiger partial charge in [0, 0.05) is 13.0 Å². The molecular formula is C36H56N6O7. The van der Waals surface area contributed by atoms with Crippen molar-refractivity contribution in [1.82, 2.24) is 31.5 Å². The van der Waals surface area contributed by atoms with E-state index in [4.69, 9.17) is 0 Å². The number of nitrogens with one attached hydrogen (secondary N) is 5. The van der Waals surface area contributed by atoms with Gasteiger partial charge in [0.1, 0.15) is 30.2 Å². The Morgan fingerprint density at radius 1 is 0.796 bits per heavy atom. The first kappa shape index (κ1) is 39.4. The Bertz CT molecular complexity index is 1300. The summed E-state index contributed by atoms with van der Waals surface area (Å²) in [7, 11) is 0. The second kappa shape index (κ2) is 18.7. The first-order valence-corrected chi connectivity index (χ1v) is 17.8. The highest BCUT2D eigenvalue weighted by Gasteiger charge is 2.41. The number of hydrogen-bond donors (Lipinski definition) is 6. The maximum absolute atomic E-state index is 14.1. The molecule has 49 heavy (non-hydrogen) atoms. The molecule has 2 aliphatic rings. The van der Waals surface area contributed by atoms with E-state index in [0.29, 0.717) is 38.6 Å². The molecular weight excluding hydrogens is 628 g/mol. The van der Waals surface area contributed by atoms with Crippen molar-refractivity contribution < 1.29 is 33.9 Å². The summed E-state index contributed by atoms with van der Waals surface area (Å²) in [5.41, 5.74) is 0.872. The molecule has 0 aliphatic carbocycles. The zero-order valence-electron chi connectivity index (χ0n) is 29.8. The monoisotopic (exact) mass is 684 g/mol. The lowest BCUT2D eigenvalue weighted by Gasteiger charge is -2.32. The highest BCUT2D eigenvalue weighted by atomic mass is 16.4. The summed E-state index contributed by atoms with van der Waals surface area (Å²) in [6.45, 7) is 11.8. The summed E-state index contributed by atoms with van der Waals surface area (Å²) >= 11 is 0. The molecule has 0 spiro atoms. The summed E-state index contributed by atoms with van der Waals surface area (Å²) in [6.07, 6.45) is 3.87. The molecule has 0 radical (unpaired) electrons. The van der Waals surface area contributed by atoms with E-state index in [1.807, 2.05) is 51.1 Å². The Hall–Kier alpha value is -4.00. The maximum atomic E-state index is 14.1. The van der Waals surface area contributed by atoms with Crippen LogP contribution in [0.5, 0.6) is 0 Å². The fraction of sp³-hybridized carbons (Fsp3) is 0.667. The van der Waals surface area contributed by atoms with Crippen LogP contribution in [0.2, 0.25) is 0 Å². The number of hydrogen-bond acceptors (Lipinski definition) is 7. The first-order valence-electron chi connectivity index (χ1n) is 17.8. The summed E-state index contributed by atoms with van der Waals surface area (Å²) in [6, 6.07) is 4.13. The number of rotatable bonds is 17. The van der Waals surface area contributed by atoms with Crippen LogP contribution in [-0.4, -0.2) is 94.9 Å². The molecule has 6 N–H and O–H groups in total. The second-order valence-corrected chi connectivity index (χ2v) is 13.9. The van der Waals surface area contributed by atoms with Gasteiger partial charge in [-0.15, -0.1) is 0 Å². The summed E-state index contributed by atoms with van der Waals surface area (Å²) in [5.74, 6) is -4.44. The van der Waals surface area contributed by atoms with E-state index < -0.39 is 53.9 Å². The molecule has 2 saturated heterocycles. The van der Waals surface area contributed by atoms with Gasteiger partial charge < -0.3 is 36.6 Å². The Kier molecular flexibility index (Phi) is 15.0. The molecule has 2 heterocycles. The van der Waals surface area contributed by atoms with Crippen LogP contribution in [0.25, 0.3) is 0 Å². The summed E-state index contributed by atoms with van der Waals surface area (Å²) < 4.78 is 0. The smallest absolute Gasteiger partial charge is 0.326 e. The van der Waals surface area contributed by atoms with Crippen LogP contribution in [0.1, 0.15) is 85.6 Å². The van der Waals surface area contributed by atoms with Gasteiger partial charge in [-0.25, -0.2) is 4.79 Å². The number of likely N-dealkylation sites (tertiary alicyclic amines) is 1. The number of aliphatic carboxylic acids is 1. The quantitative estimate of drug-likeness (QED) is 0.143. The fourth-order valence-corrected chi connectivity index (χ4v) is 6.39. The van der Waals surface area contributed by atoms with Gasteiger partial charge in [-0.1, -0.05) is 84.7 Å². The molecule has 1 aromatic carbocycles. The minimum absolute atomic E-state index is 0.247. The van der Waals surface area contributed by atoms with Crippen LogP contribution in [0.4, 0.5) is 0 Å². The van der Waals surface area contributed by atoms with Gasteiger partial charge in [-0.05, 0) is 55.5 Å². The molecule has 13 heteroatoms. The van der Waals surface area contributed by atoms with E-state index in [9.17, 15) is 33.9 Å². The third-order valence-electron chi connectivity index (χ3n) is 9.93. The van der Waals surface area contributed by atoms with Gasteiger partial charge in [0.2, 0.25) is 29.5 Å². The lowest BCUT2D eigenvalue weighted by molar-refractivity contribution is -0.144. The number of carbonyl (C=O) groups excluding carboxylic acids is 5. The van der Waals surface area contributed by atoms with Crippen molar-refractivity contribution in [2.45, 2.75) is 123 Å². The Morgan fingerprint density at radius 2 is 1.39 bits per heavy atom. The summed E-state index contributed by atoms with van der Waals surface area (Å²) in [5, 5.41) is 24.0. The zero-order chi connectivity index (χ0) is 36.2. The molecule has 5 amide bonds. The van der Waals surface area contributed by atoms with Crippen LogP contribution >= 0.6 is 0 Å². The van der Waals surface area contributed by atoms with E-state index in [1.165, 1.54) is 4.90 Å². The van der Waals surface area contributed by atoms with Crippen molar-refractivity contribution in [2.75, 3.05) is 13.1 Å². The number of carboxylic acid groups (broad SMARTS) is 1. The molecule has 0 unspecified atom stereocenters. The van der Waals surface area contributed by atoms with Crippen molar-refractivity contribution in [3.63, 3.8) is 0 Å². The standard InChI is InChI=1S/C36H56N6O7/c1-7-22(5)29(34(46)41-30(23(6)8-2)33(45)39-28(21(3)4)36(48)49)40-32(44)27-17-13-19-42(27)35(47)26(20-24-14-10-9-11-15-24)38-31(43)25-16-12-18-37-25/h9-11,14-15,21-23,25-30,37H,7-8,12-13,16-20H2,1-6H3,(H,38,43)(H,39,45)(H,40,44)(H,41,46)(H,48,49)/t22-,23-,25-,26-,27-,28-,29-,30-/m0/s1. The van der Waals surface area contributed by atoms with Gasteiger partial charge in [0.05, 0.1) is 6.04 Å². The molecule has 0 aromatic heterocycles. The van der Waals surface area contributed by atoms with Crippen molar-refractivity contribution in [1.29, 1.82) is 0 Å². The fourth-order valence-electron chi connectivity index (χ4n) is 6.39. The van der Waals surface area contributed by atoms with Gasteiger partial charge >= 0.3 is 5.97 Å². The van der Waals surface area contributed by atoms with Gasteiger partial charge in [-0.2, -0.15) is 0 Å². The molecule has 8 atom stereocenters. The minimum atomic E-state index is -1.17. The van der Waals surface area contributed by atoms with Crippen molar-refractivity contribution in [3.8, 4) is 0 Å². The van der Waals surface area contributed by atoms with Crippen molar-refractivity contribution >= 4 is 35.5 Å². The van der Waals surface area contributed by atoms with E-state index in [1.54, 1.807) is 20.8 Å². The van der Waals surface area contributed by atoms with Crippen molar-refractivity contribution in [3.05, 3.63) is 35.9 Å². The van der Waals surface area contributed by atoms with E-state index in [2.05, 4.69) is 26.6 Å². The molecule has 2 aliphatic heterocycles. The highest BCUT2D eigenvalue weighted by molar-refractivity contribution is 5.97. The van der Waals surface area contributed by atoms with Crippen LogP contribution in [-0.2, 0) is 35.2 Å². The topological polar surface area (TPSA) is 186 Å². The first-order chi connectivity index (χ1) is 23.3. The molecule has 3 rings (SSSR count). The van der Waals surface area contributed by atoms with Crippen LogP contribution in [0.15, 0.2) is 30.3 Å². The zero-order valence-corrected chi connectivity index (χ0v) is 29.8. The number of benzene rings is 1. The number of nitrogens with zero attached hydrogens (tertiary/aromatic N) is 1. The highest BCUT2D eigenvalue weighted by Crippen LogP contribution is 2.22. The predicted molar refractivity (Wildman–Crippen MR) is 185 cm³/mol. The SMILES string of the molecule is CC[C@H](C)[C@H](NC(=O)[C@@H](NC(=O)[C@@H]1CCCN1C(=O)[C@H](Cc1ccccc1)NC(=O)[C@@H]1CCCN1)[C@@H](C)CC)C(=O)N[C@H](C(=O)O)C(C)C. The Labute approximate surface area is 290 Å². The van der Waals surface area contributed by atoms with Crippen LogP contribution in [0.3, 0.4) is 0 Å². The van der Waals surface area contributed by atoms with E-state index in [0.717, 1.165) is 18.5 Å². The van der Waals surface area contributed by atoms with E-state index in [-0.39, 0.29) is 42.0 Å². The van der Waals surface area contributed by atoms with Gasteiger partial charge in [0.25, 0.3) is 0 Å². The average molecular weight is 685 g/mol. The summed E-state index contributed by atoms with van der Waals surface area (Å²) in [4.78, 5) is 81.5. The lowest BCUT2D eigenvalue weighted by Crippen LogP contribution is -2.61. The predicted octanol–water partition coefficient (Wildman–Crippen LogP) is 1.74.